The van der Waals surface area contributed by atoms with Gasteiger partial charge in [-0.15, -0.1) is 0 Å². The molecule has 3 atom stereocenters. The molecule has 0 saturated carbocycles. The van der Waals surface area contributed by atoms with Crippen LogP contribution in [0.15, 0.2) is 48.8 Å². The lowest BCUT2D eigenvalue weighted by Gasteiger charge is -2.24. The molecule has 41 heavy (non-hydrogen) atoms. The molecule has 9 nitrogen and oxygen atoms in total. The predicted octanol–water partition coefficient (Wildman–Crippen LogP) is 4.15. The van der Waals surface area contributed by atoms with E-state index in [-0.39, 0.29) is 29.1 Å². The Morgan fingerprint density at radius 3 is 2.73 bits per heavy atom. The highest BCUT2D eigenvalue weighted by molar-refractivity contribution is 6.31. The van der Waals surface area contributed by atoms with Crippen LogP contribution in [0.25, 0.3) is 10.9 Å². The fourth-order valence-electron chi connectivity index (χ4n) is 5.12. The van der Waals surface area contributed by atoms with E-state index in [4.69, 9.17) is 25.8 Å². The van der Waals surface area contributed by atoms with Gasteiger partial charge in [-0.25, -0.2) is 14.4 Å². The van der Waals surface area contributed by atoms with Gasteiger partial charge in [-0.05, 0) is 36.8 Å². The van der Waals surface area contributed by atoms with Crippen LogP contribution >= 0.6 is 11.6 Å². The summed E-state index contributed by atoms with van der Waals surface area (Å²) < 4.78 is 30.7. The first kappa shape index (κ1) is 27.6. The quantitative estimate of drug-likeness (QED) is 0.333. The SMILES string of the molecule is O=C(C=CCN1C[C@@H]2OCCO[C@@H]2C1)Nc1cc2c(Nc3ccc(F)c(Cl)c3)ncnc2cc1C#CC1CCOC1. The number of hydrogen-bond acceptors (Lipinski definition) is 8. The van der Waals surface area contributed by atoms with Crippen LogP contribution in [-0.4, -0.2) is 79.0 Å². The lowest BCUT2D eigenvalue weighted by Crippen LogP contribution is -2.36. The zero-order chi connectivity index (χ0) is 28.2. The van der Waals surface area contributed by atoms with Gasteiger partial charge in [-0.1, -0.05) is 29.5 Å². The normalized spacial score (nSPS) is 22.4. The number of hydrogen-bond donors (Lipinski definition) is 2. The van der Waals surface area contributed by atoms with E-state index in [1.54, 1.807) is 12.1 Å². The van der Waals surface area contributed by atoms with E-state index in [1.807, 2.05) is 12.1 Å². The molecule has 3 saturated heterocycles. The van der Waals surface area contributed by atoms with E-state index in [9.17, 15) is 9.18 Å². The van der Waals surface area contributed by atoms with Crippen LogP contribution in [-0.2, 0) is 19.0 Å². The van der Waals surface area contributed by atoms with Crippen molar-refractivity contribution in [2.24, 2.45) is 5.92 Å². The Balaban J connectivity index is 1.23. The zero-order valence-electron chi connectivity index (χ0n) is 22.2. The number of nitrogens with one attached hydrogen (secondary N) is 2. The van der Waals surface area contributed by atoms with Gasteiger partial charge in [-0.3, -0.25) is 9.69 Å². The van der Waals surface area contributed by atoms with Crippen molar-refractivity contribution in [1.29, 1.82) is 0 Å². The second kappa shape index (κ2) is 12.5. The van der Waals surface area contributed by atoms with Gasteiger partial charge in [0.15, 0.2) is 0 Å². The molecule has 3 fully saturated rings. The van der Waals surface area contributed by atoms with Crippen molar-refractivity contribution in [3.63, 3.8) is 0 Å². The Labute approximate surface area is 242 Å². The van der Waals surface area contributed by atoms with Crippen molar-refractivity contribution in [3.05, 3.63) is 65.2 Å². The minimum atomic E-state index is -0.511. The van der Waals surface area contributed by atoms with E-state index >= 15 is 0 Å². The van der Waals surface area contributed by atoms with Crippen LogP contribution in [0, 0.1) is 23.6 Å². The Hall–Kier alpha value is -3.59. The molecule has 6 rings (SSSR count). The van der Waals surface area contributed by atoms with Gasteiger partial charge in [-0.2, -0.15) is 0 Å². The van der Waals surface area contributed by atoms with E-state index in [1.165, 1.54) is 24.5 Å². The Morgan fingerprint density at radius 1 is 1.15 bits per heavy atom. The van der Waals surface area contributed by atoms with E-state index in [2.05, 4.69) is 37.3 Å². The first-order valence-electron chi connectivity index (χ1n) is 13.5. The van der Waals surface area contributed by atoms with Crippen molar-refractivity contribution < 1.29 is 23.4 Å². The number of likely N-dealkylation sites (tertiary alicyclic amines) is 1. The first-order valence-corrected chi connectivity index (χ1v) is 13.9. The standard InChI is InChI=1S/C30H29ClFN5O4/c31-23-13-21(5-6-24(23)32)35-30-22-14-25(20(12-26(22)33-18-34-30)4-3-19-7-9-39-17-19)36-29(38)2-1-8-37-15-27-28(16-37)41-11-10-40-27/h1-2,5-6,12-14,18-19,27-28H,7-11,15-17H2,(H,36,38)(H,33,34,35)/t19?,27-,28+. The third-order valence-corrected chi connectivity index (χ3v) is 7.52. The Kier molecular flexibility index (Phi) is 8.41. The highest BCUT2D eigenvalue weighted by Gasteiger charge is 2.35. The van der Waals surface area contributed by atoms with E-state index in [0.29, 0.717) is 66.6 Å². The molecule has 3 aliphatic rings. The number of carbonyl (C=O) groups is 1. The van der Waals surface area contributed by atoms with Gasteiger partial charge in [0.1, 0.15) is 18.0 Å². The molecule has 11 heteroatoms. The van der Waals surface area contributed by atoms with Crippen LogP contribution < -0.4 is 10.6 Å². The van der Waals surface area contributed by atoms with Crippen molar-refractivity contribution in [3.8, 4) is 11.8 Å². The van der Waals surface area contributed by atoms with Crippen molar-refractivity contribution >= 4 is 45.6 Å². The summed E-state index contributed by atoms with van der Waals surface area (Å²) >= 11 is 5.96. The first-order chi connectivity index (χ1) is 20.0. The number of anilines is 3. The summed E-state index contributed by atoms with van der Waals surface area (Å²) in [5.41, 5.74) is 2.37. The van der Waals surface area contributed by atoms with Crippen LogP contribution in [0.5, 0.6) is 0 Å². The molecule has 3 aliphatic heterocycles. The average molecular weight is 578 g/mol. The number of halogens is 2. The molecule has 4 heterocycles. The Morgan fingerprint density at radius 2 is 1.98 bits per heavy atom. The predicted molar refractivity (Wildman–Crippen MR) is 154 cm³/mol. The second-order valence-electron chi connectivity index (χ2n) is 10.1. The van der Waals surface area contributed by atoms with Gasteiger partial charge < -0.3 is 24.8 Å². The number of rotatable bonds is 6. The molecule has 0 spiro atoms. The number of aromatic nitrogens is 2. The van der Waals surface area contributed by atoms with Gasteiger partial charge in [0, 0.05) is 49.3 Å². The highest BCUT2D eigenvalue weighted by atomic mass is 35.5. The van der Waals surface area contributed by atoms with Crippen LogP contribution in [0.1, 0.15) is 12.0 Å². The molecule has 2 aromatic carbocycles. The van der Waals surface area contributed by atoms with Gasteiger partial charge >= 0.3 is 0 Å². The molecule has 0 aliphatic carbocycles. The molecule has 2 N–H and O–H groups in total. The van der Waals surface area contributed by atoms with E-state index in [0.717, 1.165) is 19.5 Å². The summed E-state index contributed by atoms with van der Waals surface area (Å²) in [6.45, 7) is 4.70. The minimum absolute atomic E-state index is 0.00528. The maximum absolute atomic E-state index is 13.7. The van der Waals surface area contributed by atoms with Gasteiger partial charge in [0.05, 0.1) is 53.8 Å². The highest BCUT2D eigenvalue weighted by Crippen LogP contribution is 2.30. The van der Waals surface area contributed by atoms with Crippen molar-refractivity contribution in [2.75, 3.05) is 56.7 Å². The maximum atomic E-state index is 13.7. The minimum Gasteiger partial charge on any atom is -0.380 e. The summed E-state index contributed by atoms with van der Waals surface area (Å²) in [7, 11) is 0. The molecule has 0 bridgehead atoms. The molecule has 1 unspecified atom stereocenters. The third-order valence-electron chi connectivity index (χ3n) is 7.23. The Bertz CT molecular complexity index is 1520. The summed E-state index contributed by atoms with van der Waals surface area (Å²) in [5.74, 6) is 6.31. The number of benzene rings is 2. The topological polar surface area (TPSA) is 97.8 Å². The van der Waals surface area contributed by atoms with Gasteiger partial charge in [0.2, 0.25) is 5.91 Å². The van der Waals surface area contributed by atoms with Crippen LogP contribution in [0.2, 0.25) is 5.02 Å². The van der Waals surface area contributed by atoms with Crippen molar-refractivity contribution in [1.82, 2.24) is 14.9 Å². The maximum Gasteiger partial charge on any atom is 0.248 e. The average Bonchev–Trinajstić information content (AvgIpc) is 3.64. The lowest BCUT2D eigenvalue weighted by molar-refractivity contribution is -0.116. The zero-order valence-corrected chi connectivity index (χ0v) is 23.0. The lowest BCUT2D eigenvalue weighted by atomic mass is 10.1. The molecule has 0 radical (unpaired) electrons. The fraction of sp³-hybridized carbons (Fsp3) is 0.367. The van der Waals surface area contributed by atoms with Crippen LogP contribution in [0.4, 0.5) is 21.6 Å². The second-order valence-corrected chi connectivity index (χ2v) is 10.6. The van der Waals surface area contributed by atoms with Crippen molar-refractivity contribution in [2.45, 2.75) is 18.6 Å². The monoisotopic (exact) mass is 577 g/mol. The number of ether oxygens (including phenoxy) is 3. The van der Waals surface area contributed by atoms with Crippen LogP contribution in [0.3, 0.4) is 0 Å². The number of nitrogens with zero attached hydrogens (tertiary/aromatic N) is 3. The van der Waals surface area contributed by atoms with E-state index < -0.39 is 5.82 Å². The molecule has 3 aromatic rings. The molecule has 212 valence electrons. The number of fused-ring (bicyclic) bond motifs is 2. The summed E-state index contributed by atoms with van der Waals surface area (Å²) in [6, 6.07) is 7.95. The summed E-state index contributed by atoms with van der Waals surface area (Å²) in [4.78, 5) is 24.0. The third kappa shape index (κ3) is 6.67. The van der Waals surface area contributed by atoms with Gasteiger partial charge in [0.25, 0.3) is 0 Å². The summed E-state index contributed by atoms with van der Waals surface area (Å²) in [5, 5.41) is 6.80. The number of amides is 1. The smallest absolute Gasteiger partial charge is 0.248 e. The largest absolute Gasteiger partial charge is 0.380 e. The summed E-state index contributed by atoms with van der Waals surface area (Å²) in [6.07, 6.45) is 5.84. The number of carbonyl (C=O) groups excluding carboxylic acids is 1. The fourth-order valence-corrected chi connectivity index (χ4v) is 5.30. The molecular formula is C30H29ClFN5O4. The molecule has 1 aromatic heterocycles. The molecular weight excluding hydrogens is 549 g/mol. The molecule has 1 amide bonds.